The highest BCUT2D eigenvalue weighted by Crippen LogP contribution is 2.28. The van der Waals surface area contributed by atoms with E-state index in [2.05, 4.69) is 18.9 Å². The van der Waals surface area contributed by atoms with E-state index in [-0.39, 0.29) is 11.4 Å². The van der Waals surface area contributed by atoms with Crippen LogP contribution in [0.2, 0.25) is 0 Å². The minimum absolute atomic E-state index is 0.138. The van der Waals surface area contributed by atoms with Crippen molar-refractivity contribution in [2.45, 2.75) is 25.4 Å². The second-order valence-electron chi connectivity index (χ2n) is 4.89. The standard InChI is InChI=1S/C13H19NO2/c1-13(7-4-8-14(2)10-13)16-12-6-3-5-11(15)9-12/h3,5-6,9,15H,4,7-8,10H2,1-2H3. The van der Waals surface area contributed by atoms with Crippen molar-refractivity contribution in [3.8, 4) is 11.5 Å². The first-order valence-corrected chi connectivity index (χ1v) is 5.74. The third kappa shape index (κ3) is 2.67. The van der Waals surface area contributed by atoms with Crippen LogP contribution in [0, 0.1) is 0 Å². The largest absolute Gasteiger partial charge is 0.508 e. The molecule has 0 amide bonds. The molecule has 1 atom stereocenters. The highest BCUT2D eigenvalue weighted by Gasteiger charge is 2.31. The molecule has 0 radical (unpaired) electrons. The van der Waals surface area contributed by atoms with Gasteiger partial charge in [-0.3, -0.25) is 0 Å². The predicted octanol–water partition coefficient (Wildman–Crippen LogP) is 2.26. The van der Waals surface area contributed by atoms with Crippen LogP contribution >= 0.6 is 0 Å². The summed E-state index contributed by atoms with van der Waals surface area (Å²) in [6.45, 7) is 4.20. The van der Waals surface area contributed by atoms with E-state index in [0.29, 0.717) is 0 Å². The second kappa shape index (κ2) is 4.34. The summed E-state index contributed by atoms with van der Waals surface area (Å²) in [4.78, 5) is 2.28. The summed E-state index contributed by atoms with van der Waals surface area (Å²) >= 11 is 0. The summed E-state index contributed by atoms with van der Waals surface area (Å²) in [6, 6.07) is 7.02. The van der Waals surface area contributed by atoms with Crippen LogP contribution in [0.5, 0.6) is 11.5 Å². The van der Waals surface area contributed by atoms with Gasteiger partial charge in [-0.1, -0.05) is 6.07 Å². The molecular weight excluding hydrogens is 202 g/mol. The van der Waals surface area contributed by atoms with Gasteiger partial charge in [-0.25, -0.2) is 0 Å². The van der Waals surface area contributed by atoms with E-state index in [9.17, 15) is 5.11 Å². The molecular formula is C13H19NO2. The fourth-order valence-corrected chi connectivity index (χ4v) is 2.37. The first kappa shape index (κ1) is 11.3. The van der Waals surface area contributed by atoms with Crippen LogP contribution in [0.15, 0.2) is 24.3 Å². The fraction of sp³-hybridized carbons (Fsp3) is 0.538. The number of piperidine rings is 1. The first-order valence-electron chi connectivity index (χ1n) is 5.74. The number of rotatable bonds is 2. The summed E-state index contributed by atoms with van der Waals surface area (Å²) in [6.07, 6.45) is 2.22. The fourth-order valence-electron chi connectivity index (χ4n) is 2.37. The van der Waals surface area contributed by atoms with Crippen LogP contribution in [0.4, 0.5) is 0 Å². The van der Waals surface area contributed by atoms with Crippen LogP contribution in [0.25, 0.3) is 0 Å². The van der Waals surface area contributed by atoms with Gasteiger partial charge in [0, 0.05) is 12.6 Å². The molecule has 3 nitrogen and oxygen atoms in total. The molecule has 0 aliphatic carbocycles. The lowest BCUT2D eigenvalue weighted by Gasteiger charge is -2.38. The number of phenolic OH excluding ortho intramolecular Hbond substituents is 1. The Labute approximate surface area is 96.6 Å². The summed E-state index contributed by atoms with van der Waals surface area (Å²) in [5, 5.41) is 9.39. The number of hydrogen-bond donors (Lipinski definition) is 1. The van der Waals surface area contributed by atoms with Gasteiger partial charge in [-0.15, -0.1) is 0 Å². The van der Waals surface area contributed by atoms with E-state index in [1.807, 2.05) is 6.07 Å². The monoisotopic (exact) mass is 221 g/mol. The van der Waals surface area contributed by atoms with Crippen LogP contribution in [0.3, 0.4) is 0 Å². The average molecular weight is 221 g/mol. The molecule has 3 heteroatoms. The van der Waals surface area contributed by atoms with Crippen molar-refractivity contribution in [1.82, 2.24) is 4.90 Å². The Kier molecular flexibility index (Phi) is 3.06. The molecule has 2 rings (SSSR count). The number of aromatic hydroxyl groups is 1. The van der Waals surface area contributed by atoms with Gasteiger partial charge in [-0.2, -0.15) is 0 Å². The maximum atomic E-state index is 9.39. The molecule has 0 saturated carbocycles. The van der Waals surface area contributed by atoms with Gasteiger partial charge in [0.2, 0.25) is 0 Å². The van der Waals surface area contributed by atoms with E-state index in [1.165, 1.54) is 0 Å². The van der Waals surface area contributed by atoms with Gasteiger partial charge in [0.05, 0.1) is 0 Å². The van der Waals surface area contributed by atoms with Gasteiger partial charge < -0.3 is 14.7 Å². The van der Waals surface area contributed by atoms with E-state index in [0.717, 1.165) is 31.7 Å². The van der Waals surface area contributed by atoms with E-state index < -0.39 is 0 Å². The number of phenols is 1. The lowest BCUT2D eigenvalue weighted by atomic mass is 9.95. The van der Waals surface area contributed by atoms with Crippen molar-refractivity contribution < 1.29 is 9.84 Å². The predicted molar refractivity (Wildman–Crippen MR) is 63.9 cm³/mol. The number of benzene rings is 1. The smallest absolute Gasteiger partial charge is 0.123 e. The molecule has 1 unspecified atom stereocenters. The molecule has 1 fully saturated rings. The molecule has 1 aromatic carbocycles. The van der Waals surface area contributed by atoms with Crippen LogP contribution in [-0.4, -0.2) is 35.7 Å². The van der Waals surface area contributed by atoms with E-state index >= 15 is 0 Å². The maximum Gasteiger partial charge on any atom is 0.123 e. The highest BCUT2D eigenvalue weighted by molar-refractivity contribution is 5.32. The third-order valence-electron chi connectivity index (χ3n) is 3.03. The van der Waals surface area contributed by atoms with Gasteiger partial charge in [-0.05, 0) is 45.5 Å². The Morgan fingerprint density at radius 2 is 2.25 bits per heavy atom. The number of ether oxygens (including phenoxy) is 1. The quantitative estimate of drug-likeness (QED) is 0.831. The third-order valence-corrected chi connectivity index (χ3v) is 3.03. The van der Waals surface area contributed by atoms with Gasteiger partial charge in [0.15, 0.2) is 0 Å². The normalized spacial score (nSPS) is 26.6. The molecule has 0 spiro atoms. The van der Waals surface area contributed by atoms with E-state index in [1.54, 1.807) is 18.2 Å². The van der Waals surface area contributed by atoms with Crippen LogP contribution in [-0.2, 0) is 0 Å². The molecule has 1 aliphatic heterocycles. The van der Waals surface area contributed by atoms with Crippen molar-refractivity contribution in [1.29, 1.82) is 0 Å². The lowest BCUT2D eigenvalue weighted by molar-refractivity contribution is 0.0155. The first-order chi connectivity index (χ1) is 7.57. The zero-order valence-corrected chi connectivity index (χ0v) is 9.94. The van der Waals surface area contributed by atoms with E-state index in [4.69, 9.17) is 4.74 Å². The Bertz CT molecular complexity index is 367. The van der Waals surface area contributed by atoms with Crippen LogP contribution in [0.1, 0.15) is 19.8 Å². The summed E-state index contributed by atoms with van der Waals surface area (Å²) < 4.78 is 5.99. The molecule has 1 heterocycles. The second-order valence-corrected chi connectivity index (χ2v) is 4.89. The molecule has 1 N–H and O–H groups in total. The Morgan fingerprint density at radius 3 is 2.94 bits per heavy atom. The Balaban J connectivity index is 2.08. The SMILES string of the molecule is CN1CCCC(C)(Oc2cccc(O)c2)C1. The van der Waals surface area contributed by atoms with Gasteiger partial charge in [0.25, 0.3) is 0 Å². The average Bonchev–Trinajstić information content (AvgIpc) is 2.16. The lowest BCUT2D eigenvalue weighted by Crippen LogP contribution is -2.48. The Morgan fingerprint density at radius 1 is 1.44 bits per heavy atom. The maximum absolute atomic E-state index is 9.39. The van der Waals surface area contributed by atoms with Gasteiger partial charge >= 0.3 is 0 Å². The van der Waals surface area contributed by atoms with Crippen molar-refractivity contribution in [3.05, 3.63) is 24.3 Å². The molecule has 16 heavy (non-hydrogen) atoms. The number of likely N-dealkylation sites (N-methyl/N-ethyl adjacent to an activating group) is 1. The van der Waals surface area contributed by atoms with Crippen molar-refractivity contribution >= 4 is 0 Å². The summed E-state index contributed by atoms with van der Waals surface area (Å²) in [5.41, 5.74) is -0.138. The Hall–Kier alpha value is -1.22. The molecule has 1 aromatic rings. The molecule has 88 valence electrons. The number of nitrogens with zero attached hydrogens (tertiary/aromatic N) is 1. The molecule has 1 saturated heterocycles. The van der Waals surface area contributed by atoms with Gasteiger partial charge in [0.1, 0.15) is 17.1 Å². The topological polar surface area (TPSA) is 32.7 Å². The van der Waals surface area contributed by atoms with Crippen molar-refractivity contribution in [2.75, 3.05) is 20.1 Å². The zero-order valence-electron chi connectivity index (χ0n) is 9.94. The van der Waals surface area contributed by atoms with Crippen LogP contribution < -0.4 is 4.74 Å². The summed E-state index contributed by atoms with van der Waals surface area (Å²) in [7, 11) is 2.11. The number of hydrogen-bond acceptors (Lipinski definition) is 3. The molecule has 1 aliphatic rings. The summed E-state index contributed by atoms with van der Waals surface area (Å²) in [5.74, 6) is 1.00. The van der Waals surface area contributed by atoms with Crippen molar-refractivity contribution in [2.24, 2.45) is 0 Å². The minimum atomic E-state index is -0.138. The minimum Gasteiger partial charge on any atom is -0.508 e. The molecule has 0 aromatic heterocycles. The highest BCUT2D eigenvalue weighted by atomic mass is 16.5. The zero-order chi connectivity index (χ0) is 11.6. The molecule has 0 bridgehead atoms. The number of likely N-dealkylation sites (tertiary alicyclic amines) is 1. The van der Waals surface area contributed by atoms with Crippen molar-refractivity contribution in [3.63, 3.8) is 0 Å².